The minimum absolute atomic E-state index is 0.0303. The molecule has 1 heterocycles. The number of imide groups is 1. The maximum atomic E-state index is 13.8. The third-order valence-corrected chi connectivity index (χ3v) is 12.3. The van der Waals surface area contributed by atoms with Crippen LogP contribution in [0, 0.1) is 33.8 Å². The number of carbonyl (C=O) groups is 5. The average Bonchev–Trinajstić information content (AvgIpc) is 3.65. The van der Waals surface area contributed by atoms with Gasteiger partial charge in [-0.3, -0.25) is 29.3 Å². The number of amides is 3. The lowest BCUT2D eigenvalue weighted by Gasteiger charge is -2.30. The fourth-order valence-electron chi connectivity index (χ4n) is 6.37. The van der Waals surface area contributed by atoms with Crippen molar-refractivity contribution in [1.29, 1.82) is 0 Å². The minimum Gasteiger partial charge on any atom is -0.423 e. The minimum atomic E-state index is -0.835. The molecule has 230 valence electrons. The smallest absolute Gasteiger partial charge is 0.343 e. The second-order valence-corrected chi connectivity index (χ2v) is 14.0. The van der Waals surface area contributed by atoms with Gasteiger partial charge in [-0.05, 0) is 78.9 Å². The fourth-order valence-corrected chi connectivity index (χ4v) is 8.50. The summed E-state index contributed by atoms with van der Waals surface area (Å²) in [5, 5.41) is 12.8. The second-order valence-electron chi connectivity index (χ2n) is 11.0. The topological polar surface area (TPSA) is 144 Å². The molecule has 6 rings (SSSR count). The number of hydrogen-bond donors (Lipinski definition) is 0. The SMILES string of the molecule is O=C(CN(C(=O)c1ccc([N+](=O)[O-])cc1)N1C(=O)[C@@H]2[C@H]3C[C@@H]([C@H](Br)[C@H]3Br)[C@@H]2C1=O)c1ccc(OC(=O)c2ccc(Br)cc2)cc1. The van der Waals surface area contributed by atoms with Gasteiger partial charge in [0.1, 0.15) is 12.3 Å². The number of ketones is 1. The van der Waals surface area contributed by atoms with Gasteiger partial charge in [0.25, 0.3) is 23.4 Å². The molecule has 0 aromatic heterocycles. The van der Waals surface area contributed by atoms with Gasteiger partial charge in [-0.25, -0.2) is 9.80 Å². The van der Waals surface area contributed by atoms with E-state index in [9.17, 15) is 34.1 Å². The number of ether oxygens (including phenoxy) is 1. The molecule has 3 aliphatic rings. The number of benzene rings is 3. The van der Waals surface area contributed by atoms with E-state index < -0.39 is 52.8 Å². The van der Waals surface area contributed by atoms with Gasteiger partial charge in [-0.1, -0.05) is 47.8 Å². The number of esters is 1. The summed E-state index contributed by atoms with van der Waals surface area (Å²) in [6, 6.07) is 17.0. The van der Waals surface area contributed by atoms with Gasteiger partial charge in [0.15, 0.2) is 5.78 Å². The van der Waals surface area contributed by atoms with Gasteiger partial charge in [0, 0.05) is 37.4 Å². The fraction of sp³-hybridized carbons (Fsp3) is 0.258. The van der Waals surface area contributed by atoms with E-state index in [0.717, 1.165) is 26.6 Å². The molecule has 2 aliphatic carbocycles. The number of alkyl halides is 2. The average molecular weight is 804 g/mol. The maximum Gasteiger partial charge on any atom is 0.343 e. The zero-order valence-electron chi connectivity index (χ0n) is 23.0. The highest BCUT2D eigenvalue weighted by atomic mass is 79.9. The van der Waals surface area contributed by atoms with Gasteiger partial charge in [0.2, 0.25) is 0 Å². The summed E-state index contributed by atoms with van der Waals surface area (Å²) in [5.41, 5.74) is 0.178. The van der Waals surface area contributed by atoms with E-state index in [1.807, 2.05) is 0 Å². The van der Waals surface area contributed by atoms with Crippen molar-refractivity contribution in [2.75, 3.05) is 6.54 Å². The number of non-ortho nitro benzene ring substituents is 1. The number of halogens is 3. The Balaban J connectivity index is 1.25. The maximum absolute atomic E-state index is 13.8. The Hall–Kier alpha value is -3.75. The Kier molecular flexibility index (Phi) is 8.48. The van der Waals surface area contributed by atoms with Crippen LogP contribution in [0.4, 0.5) is 5.69 Å². The van der Waals surface area contributed by atoms with Crippen LogP contribution in [0.15, 0.2) is 77.3 Å². The Bertz CT molecular complexity index is 1700. The molecule has 2 bridgehead atoms. The lowest BCUT2D eigenvalue weighted by molar-refractivity contribution is -0.384. The van der Waals surface area contributed by atoms with Gasteiger partial charge >= 0.3 is 5.97 Å². The van der Waals surface area contributed by atoms with Gasteiger partial charge < -0.3 is 4.74 Å². The largest absolute Gasteiger partial charge is 0.423 e. The van der Waals surface area contributed by atoms with Crippen LogP contribution in [0.25, 0.3) is 0 Å². The highest BCUT2D eigenvalue weighted by molar-refractivity contribution is 9.12. The normalized spacial score (nSPS) is 24.8. The molecule has 3 aromatic carbocycles. The van der Waals surface area contributed by atoms with Crippen LogP contribution < -0.4 is 4.74 Å². The van der Waals surface area contributed by atoms with Crippen molar-refractivity contribution in [3.63, 3.8) is 0 Å². The molecule has 0 spiro atoms. The lowest BCUT2D eigenvalue weighted by Crippen LogP contribution is -2.52. The summed E-state index contributed by atoms with van der Waals surface area (Å²) in [6.45, 7) is -0.657. The molecule has 0 radical (unpaired) electrons. The summed E-state index contributed by atoms with van der Waals surface area (Å²) in [6.07, 6.45) is 0.681. The summed E-state index contributed by atoms with van der Waals surface area (Å²) in [5.74, 6) is -4.46. The van der Waals surface area contributed by atoms with Crippen molar-refractivity contribution < 1.29 is 33.6 Å². The van der Waals surface area contributed by atoms with E-state index in [-0.39, 0.29) is 44.1 Å². The van der Waals surface area contributed by atoms with Crippen LogP contribution in [-0.2, 0) is 9.59 Å². The van der Waals surface area contributed by atoms with Crippen LogP contribution in [0.5, 0.6) is 5.75 Å². The third-order valence-electron chi connectivity index (χ3n) is 8.52. The quantitative estimate of drug-likeness (QED) is 0.0545. The number of carbonyl (C=O) groups excluding carboxylic acids is 5. The standard InChI is InChI=1S/C31H22Br3N3O8/c32-18-7-1-17(2-8-18)31(42)45-20-11-5-15(6-12-20)23(38)14-35(28(39)16-3-9-19(10-4-16)37(43)44)36-29(40)24-21-13-22(25(24)30(36)41)27(34)26(21)33/h1-12,21-22,24-27H,13-14H2/t21-,22-,24-,25+,26+,27+/m1/s1. The molecule has 14 heteroatoms. The van der Waals surface area contributed by atoms with Crippen molar-refractivity contribution >= 4 is 83.0 Å². The van der Waals surface area contributed by atoms with Crippen molar-refractivity contribution in [3.05, 3.63) is 104 Å². The van der Waals surface area contributed by atoms with Gasteiger partial charge in [-0.2, -0.15) is 5.01 Å². The number of hydrazine groups is 1. The zero-order chi connectivity index (χ0) is 32.2. The molecule has 3 fully saturated rings. The third kappa shape index (κ3) is 5.63. The van der Waals surface area contributed by atoms with E-state index in [2.05, 4.69) is 47.8 Å². The number of fused-ring (bicyclic) bond motifs is 5. The van der Waals surface area contributed by atoms with E-state index in [1.54, 1.807) is 24.3 Å². The number of Topliss-reactive ketones (excluding diaryl/α,β-unsaturated/α-hetero) is 1. The first-order valence-electron chi connectivity index (χ1n) is 13.8. The first-order valence-corrected chi connectivity index (χ1v) is 16.4. The number of hydrogen-bond acceptors (Lipinski definition) is 8. The molecule has 2 saturated carbocycles. The van der Waals surface area contributed by atoms with E-state index >= 15 is 0 Å². The van der Waals surface area contributed by atoms with Gasteiger partial charge in [0.05, 0.1) is 22.3 Å². The highest BCUT2D eigenvalue weighted by Crippen LogP contribution is 2.60. The molecular weight excluding hydrogens is 782 g/mol. The van der Waals surface area contributed by atoms with Gasteiger partial charge in [-0.15, -0.1) is 0 Å². The Labute approximate surface area is 281 Å². The van der Waals surface area contributed by atoms with Crippen molar-refractivity contribution in [3.8, 4) is 5.75 Å². The molecule has 0 unspecified atom stereocenters. The zero-order valence-corrected chi connectivity index (χ0v) is 27.8. The molecular formula is C31H22Br3N3O8. The predicted octanol–water partition coefficient (Wildman–Crippen LogP) is 5.59. The molecule has 45 heavy (non-hydrogen) atoms. The van der Waals surface area contributed by atoms with Crippen LogP contribution >= 0.6 is 47.8 Å². The van der Waals surface area contributed by atoms with E-state index in [1.165, 1.54) is 36.4 Å². The van der Waals surface area contributed by atoms with Crippen LogP contribution in [0.3, 0.4) is 0 Å². The molecule has 11 nitrogen and oxygen atoms in total. The molecule has 1 aliphatic heterocycles. The van der Waals surface area contributed by atoms with E-state index in [0.29, 0.717) is 12.0 Å². The Morgan fingerprint density at radius 1 is 0.822 bits per heavy atom. The summed E-state index contributed by atoms with van der Waals surface area (Å²) < 4.78 is 6.19. The van der Waals surface area contributed by atoms with Crippen LogP contribution in [-0.4, -0.2) is 60.6 Å². The Morgan fingerprint density at radius 2 is 1.33 bits per heavy atom. The summed E-state index contributed by atoms with van der Waals surface area (Å²) >= 11 is 10.6. The van der Waals surface area contributed by atoms with Crippen molar-refractivity contribution in [2.24, 2.45) is 23.7 Å². The number of rotatable bonds is 8. The number of nitro groups is 1. The van der Waals surface area contributed by atoms with Crippen molar-refractivity contribution in [1.82, 2.24) is 10.0 Å². The van der Waals surface area contributed by atoms with Crippen LogP contribution in [0.2, 0.25) is 0 Å². The van der Waals surface area contributed by atoms with Crippen molar-refractivity contribution in [2.45, 2.75) is 16.1 Å². The highest BCUT2D eigenvalue weighted by Gasteiger charge is 2.67. The molecule has 1 saturated heterocycles. The molecule has 0 N–H and O–H groups in total. The molecule has 6 atom stereocenters. The molecule has 3 amide bonds. The molecule has 3 aromatic rings. The summed E-state index contributed by atoms with van der Waals surface area (Å²) in [4.78, 5) is 77.8. The summed E-state index contributed by atoms with van der Waals surface area (Å²) in [7, 11) is 0. The monoisotopic (exact) mass is 801 g/mol. The number of nitro benzene ring substituents is 1. The van der Waals surface area contributed by atoms with E-state index in [4.69, 9.17) is 4.74 Å². The predicted molar refractivity (Wildman–Crippen MR) is 170 cm³/mol. The lowest BCUT2D eigenvalue weighted by atomic mass is 9.81. The first-order chi connectivity index (χ1) is 21.5. The first kappa shape index (κ1) is 31.2. The Morgan fingerprint density at radius 3 is 1.87 bits per heavy atom. The second kappa shape index (κ2) is 12.2. The number of nitrogens with zero attached hydrogens (tertiary/aromatic N) is 3. The van der Waals surface area contributed by atoms with Crippen LogP contribution in [0.1, 0.15) is 37.5 Å².